The molecule has 2 aromatic heterocycles. The first kappa shape index (κ1) is 15.2. The number of imidazole rings is 1. The van der Waals surface area contributed by atoms with E-state index in [1.807, 2.05) is 60.8 Å². The van der Waals surface area contributed by atoms with Crippen LogP contribution in [0.25, 0.3) is 22.2 Å². The Bertz CT molecular complexity index is 1000. The molecule has 0 bridgehead atoms. The standard InChI is InChI=1S/C20H18N4O/c25-20(10-15-11-21-17-9-5-4-8-16(15)17)23-13-19-22-12-18(24-19)14-6-2-1-3-7-14/h1-9,11-12,21H,10,13H2,(H,22,24)(H,23,25). The van der Waals surface area contributed by atoms with E-state index in [1.165, 1.54) is 0 Å². The summed E-state index contributed by atoms with van der Waals surface area (Å²) in [6.45, 7) is 0.383. The SMILES string of the molecule is O=C(Cc1c[nH]c2ccccc12)NCc1ncc(-c2ccccc2)[nH]1. The van der Waals surface area contributed by atoms with E-state index in [9.17, 15) is 4.79 Å². The molecule has 2 aromatic carbocycles. The summed E-state index contributed by atoms with van der Waals surface area (Å²) in [4.78, 5) is 23.0. The lowest BCUT2D eigenvalue weighted by atomic mass is 10.1. The van der Waals surface area contributed by atoms with E-state index in [-0.39, 0.29) is 5.91 Å². The number of carbonyl (C=O) groups excluding carboxylic acids is 1. The van der Waals surface area contributed by atoms with Crippen LogP contribution in [0, 0.1) is 0 Å². The molecular weight excluding hydrogens is 312 g/mol. The molecular formula is C20H18N4O. The van der Waals surface area contributed by atoms with Crippen molar-refractivity contribution >= 4 is 16.8 Å². The predicted octanol–water partition coefficient (Wildman–Crippen LogP) is 3.42. The fourth-order valence-corrected chi connectivity index (χ4v) is 2.91. The third kappa shape index (κ3) is 3.30. The molecule has 0 unspecified atom stereocenters. The van der Waals surface area contributed by atoms with Gasteiger partial charge < -0.3 is 15.3 Å². The molecule has 5 heteroatoms. The minimum absolute atomic E-state index is 0.0255. The number of hydrogen-bond acceptors (Lipinski definition) is 2. The van der Waals surface area contributed by atoms with Crippen LogP contribution in [0.3, 0.4) is 0 Å². The summed E-state index contributed by atoms with van der Waals surface area (Å²) in [6.07, 6.45) is 4.03. The van der Waals surface area contributed by atoms with E-state index in [0.29, 0.717) is 13.0 Å². The minimum atomic E-state index is -0.0255. The summed E-state index contributed by atoms with van der Waals surface area (Å²) in [7, 11) is 0. The van der Waals surface area contributed by atoms with Crippen LogP contribution in [0.2, 0.25) is 0 Å². The zero-order valence-corrected chi connectivity index (χ0v) is 13.6. The summed E-state index contributed by atoms with van der Waals surface area (Å²) >= 11 is 0. The van der Waals surface area contributed by atoms with E-state index in [2.05, 4.69) is 20.3 Å². The zero-order valence-electron chi connectivity index (χ0n) is 13.6. The van der Waals surface area contributed by atoms with Gasteiger partial charge >= 0.3 is 0 Å². The molecule has 0 radical (unpaired) electrons. The van der Waals surface area contributed by atoms with E-state index in [1.54, 1.807) is 6.20 Å². The smallest absolute Gasteiger partial charge is 0.224 e. The quantitative estimate of drug-likeness (QED) is 0.524. The summed E-state index contributed by atoms with van der Waals surface area (Å²) in [5.41, 5.74) is 4.06. The van der Waals surface area contributed by atoms with Crippen LogP contribution in [-0.4, -0.2) is 20.9 Å². The van der Waals surface area contributed by atoms with Crippen LogP contribution < -0.4 is 5.32 Å². The molecule has 0 spiro atoms. The highest BCUT2D eigenvalue weighted by atomic mass is 16.1. The number of nitrogens with zero attached hydrogens (tertiary/aromatic N) is 1. The molecule has 4 aromatic rings. The number of para-hydroxylation sites is 1. The number of fused-ring (bicyclic) bond motifs is 1. The Balaban J connectivity index is 1.38. The lowest BCUT2D eigenvalue weighted by Crippen LogP contribution is -2.25. The zero-order chi connectivity index (χ0) is 17.1. The maximum atomic E-state index is 12.2. The number of aromatic nitrogens is 3. The highest BCUT2D eigenvalue weighted by Gasteiger charge is 2.09. The molecule has 0 aliphatic heterocycles. The Labute approximate surface area is 145 Å². The molecule has 0 saturated carbocycles. The van der Waals surface area contributed by atoms with Gasteiger partial charge in [0.15, 0.2) is 0 Å². The van der Waals surface area contributed by atoms with Gasteiger partial charge in [-0.2, -0.15) is 0 Å². The summed E-state index contributed by atoms with van der Waals surface area (Å²) in [5.74, 6) is 0.716. The van der Waals surface area contributed by atoms with E-state index in [4.69, 9.17) is 0 Å². The number of aromatic amines is 2. The van der Waals surface area contributed by atoms with Crippen molar-refractivity contribution < 1.29 is 4.79 Å². The summed E-state index contributed by atoms with van der Waals surface area (Å²) in [5, 5.41) is 4.01. The monoisotopic (exact) mass is 330 g/mol. The maximum absolute atomic E-state index is 12.2. The van der Waals surface area contributed by atoms with Gasteiger partial charge in [-0.1, -0.05) is 48.5 Å². The van der Waals surface area contributed by atoms with Gasteiger partial charge in [-0.05, 0) is 17.2 Å². The van der Waals surface area contributed by atoms with Crippen LogP contribution in [0.1, 0.15) is 11.4 Å². The number of benzene rings is 2. The average Bonchev–Trinajstić information content (AvgIpc) is 3.28. The Morgan fingerprint density at radius 2 is 1.84 bits per heavy atom. The van der Waals surface area contributed by atoms with Crippen molar-refractivity contribution in [3.8, 4) is 11.3 Å². The van der Waals surface area contributed by atoms with Gasteiger partial charge in [0.2, 0.25) is 5.91 Å². The van der Waals surface area contributed by atoms with Crippen molar-refractivity contribution in [2.24, 2.45) is 0 Å². The first-order valence-corrected chi connectivity index (χ1v) is 8.20. The Morgan fingerprint density at radius 3 is 2.72 bits per heavy atom. The van der Waals surface area contributed by atoms with Gasteiger partial charge in [0.1, 0.15) is 5.82 Å². The van der Waals surface area contributed by atoms with Gasteiger partial charge in [0.05, 0.1) is 24.9 Å². The van der Waals surface area contributed by atoms with Crippen LogP contribution in [0.4, 0.5) is 0 Å². The third-order valence-corrected chi connectivity index (χ3v) is 4.19. The number of hydrogen-bond donors (Lipinski definition) is 3. The minimum Gasteiger partial charge on any atom is -0.361 e. The number of rotatable bonds is 5. The molecule has 4 rings (SSSR count). The van der Waals surface area contributed by atoms with Crippen molar-refractivity contribution in [1.29, 1.82) is 0 Å². The summed E-state index contributed by atoms with van der Waals surface area (Å²) in [6, 6.07) is 18.0. The van der Waals surface area contributed by atoms with Gasteiger partial charge in [0.25, 0.3) is 0 Å². The highest BCUT2D eigenvalue weighted by Crippen LogP contribution is 2.18. The molecule has 5 nitrogen and oxygen atoms in total. The normalized spacial score (nSPS) is 10.9. The second kappa shape index (κ2) is 6.65. The first-order valence-electron chi connectivity index (χ1n) is 8.20. The highest BCUT2D eigenvalue weighted by molar-refractivity contribution is 5.88. The lowest BCUT2D eigenvalue weighted by molar-refractivity contribution is -0.120. The fraction of sp³-hybridized carbons (Fsp3) is 0.100. The molecule has 25 heavy (non-hydrogen) atoms. The first-order chi connectivity index (χ1) is 12.3. The molecule has 3 N–H and O–H groups in total. The molecule has 0 atom stereocenters. The van der Waals surface area contributed by atoms with Crippen molar-refractivity contribution in [2.45, 2.75) is 13.0 Å². The number of carbonyl (C=O) groups is 1. The molecule has 0 fully saturated rings. The molecule has 1 amide bonds. The molecule has 124 valence electrons. The van der Waals surface area contributed by atoms with E-state index >= 15 is 0 Å². The largest absolute Gasteiger partial charge is 0.361 e. The number of amides is 1. The second-order valence-corrected chi connectivity index (χ2v) is 5.92. The predicted molar refractivity (Wildman–Crippen MR) is 97.9 cm³/mol. The molecule has 0 saturated heterocycles. The fourth-order valence-electron chi connectivity index (χ4n) is 2.91. The Morgan fingerprint density at radius 1 is 1.04 bits per heavy atom. The molecule has 0 aliphatic rings. The van der Waals surface area contributed by atoms with Gasteiger partial charge in [-0.25, -0.2) is 4.98 Å². The number of H-pyrrole nitrogens is 2. The van der Waals surface area contributed by atoms with Crippen molar-refractivity contribution in [3.05, 3.63) is 78.4 Å². The van der Waals surface area contributed by atoms with E-state index in [0.717, 1.165) is 33.5 Å². The lowest BCUT2D eigenvalue weighted by Gasteiger charge is -2.03. The van der Waals surface area contributed by atoms with Gasteiger partial charge in [-0.3, -0.25) is 4.79 Å². The van der Waals surface area contributed by atoms with Crippen molar-refractivity contribution in [1.82, 2.24) is 20.3 Å². The third-order valence-electron chi connectivity index (χ3n) is 4.19. The number of nitrogens with one attached hydrogen (secondary N) is 3. The van der Waals surface area contributed by atoms with Crippen molar-refractivity contribution in [2.75, 3.05) is 0 Å². The maximum Gasteiger partial charge on any atom is 0.224 e. The molecule has 2 heterocycles. The molecule has 0 aliphatic carbocycles. The van der Waals surface area contributed by atoms with Crippen LogP contribution in [0.5, 0.6) is 0 Å². The summed E-state index contributed by atoms with van der Waals surface area (Å²) < 4.78 is 0. The van der Waals surface area contributed by atoms with Crippen LogP contribution >= 0.6 is 0 Å². The van der Waals surface area contributed by atoms with Crippen LogP contribution in [0.15, 0.2) is 67.0 Å². The van der Waals surface area contributed by atoms with Crippen LogP contribution in [-0.2, 0) is 17.8 Å². The van der Waals surface area contributed by atoms with Gasteiger partial charge in [0, 0.05) is 17.1 Å². The van der Waals surface area contributed by atoms with Crippen molar-refractivity contribution in [3.63, 3.8) is 0 Å². The average molecular weight is 330 g/mol. The van der Waals surface area contributed by atoms with Gasteiger partial charge in [-0.15, -0.1) is 0 Å². The Hall–Kier alpha value is -3.34. The topological polar surface area (TPSA) is 73.6 Å². The second-order valence-electron chi connectivity index (χ2n) is 5.92. The van der Waals surface area contributed by atoms with E-state index < -0.39 is 0 Å². The Kier molecular flexibility index (Phi) is 4.04.